The molecule has 0 aromatic heterocycles. The van der Waals surface area contributed by atoms with Crippen LogP contribution < -0.4 is 10.2 Å². The molecule has 2 N–H and O–H groups in total. The molecule has 0 bridgehead atoms. The molecule has 0 radical (unpaired) electrons. The van der Waals surface area contributed by atoms with Crippen molar-refractivity contribution < 1.29 is 9.90 Å². The van der Waals surface area contributed by atoms with Gasteiger partial charge >= 0.3 is 6.03 Å². The van der Waals surface area contributed by atoms with Crippen molar-refractivity contribution in [2.24, 2.45) is 0 Å². The Hall–Kier alpha value is -1.75. The molecule has 0 aliphatic carbocycles. The topological polar surface area (TPSA) is 55.8 Å². The maximum absolute atomic E-state index is 12.5. The number of urea groups is 1. The van der Waals surface area contributed by atoms with Gasteiger partial charge in [0.15, 0.2) is 0 Å². The molecule has 1 heterocycles. The number of nitrogens with one attached hydrogen (secondary N) is 1. The molecule has 1 aliphatic heterocycles. The Balaban J connectivity index is 1.97. The Morgan fingerprint density at radius 1 is 1.26 bits per heavy atom. The Bertz CT molecular complexity index is 479. The van der Waals surface area contributed by atoms with Gasteiger partial charge in [-0.25, -0.2) is 4.79 Å². The first-order chi connectivity index (χ1) is 11.2. The lowest BCUT2D eigenvalue weighted by Crippen LogP contribution is -2.36. The fourth-order valence-corrected chi connectivity index (χ4v) is 2.88. The van der Waals surface area contributed by atoms with Gasteiger partial charge in [0.05, 0.1) is 0 Å². The van der Waals surface area contributed by atoms with E-state index in [1.54, 1.807) is 4.90 Å². The molecule has 23 heavy (non-hydrogen) atoms. The molecule has 1 saturated heterocycles. The minimum atomic E-state index is -0.0783. The van der Waals surface area contributed by atoms with Gasteiger partial charge in [0.1, 0.15) is 0 Å². The van der Waals surface area contributed by atoms with E-state index in [4.69, 9.17) is 5.11 Å². The van der Waals surface area contributed by atoms with Crippen molar-refractivity contribution in [2.45, 2.75) is 39.0 Å². The number of carbonyl (C=O) groups is 1. The quantitative estimate of drug-likeness (QED) is 0.773. The van der Waals surface area contributed by atoms with Crippen LogP contribution in [0.2, 0.25) is 0 Å². The summed E-state index contributed by atoms with van der Waals surface area (Å²) in [5.74, 6) is 0. The highest BCUT2D eigenvalue weighted by atomic mass is 16.3. The number of amides is 2. The summed E-state index contributed by atoms with van der Waals surface area (Å²) in [6, 6.07) is 7.99. The van der Waals surface area contributed by atoms with Gasteiger partial charge in [0.25, 0.3) is 0 Å². The van der Waals surface area contributed by atoms with Gasteiger partial charge in [0.2, 0.25) is 0 Å². The second kappa shape index (κ2) is 9.40. The van der Waals surface area contributed by atoms with Gasteiger partial charge in [-0.3, -0.25) is 0 Å². The molecular formula is C18H29N3O2. The summed E-state index contributed by atoms with van der Waals surface area (Å²) >= 11 is 0. The van der Waals surface area contributed by atoms with Crippen molar-refractivity contribution in [2.75, 3.05) is 43.0 Å². The number of hydrogen-bond donors (Lipinski definition) is 2. The van der Waals surface area contributed by atoms with Gasteiger partial charge in [-0.15, -0.1) is 0 Å². The molecule has 2 rings (SSSR count). The molecule has 5 heteroatoms. The number of nitrogens with zero attached hydrogens (tertiary/aromatic N) is 2. The van der Waals surface area contributed by atoms with E-state index < -0.39 is 0 Å². The minimum absolute atomic E-state index is 0.0783. The summed E-state index contributed by atoms with van der Waals surface area (Å²) in [6.45, 7) is 5.73. The van der Waals surface area contributed by atoms with E-state index in [0.717, 1.165) is 38.2 Å². The highest BCUT2D eigenvalue weighted by molar-refractivity contribution is 5.89. The van der Waals surface area contributed by atoms with E-state index >= 15 is 0 Å². The lowest BCUT2D eigenvalue weighted by Gasteiger charge is -2.23. The lowest BCUT2D eigenvalue weighted by atomic mass is 10.2. The van der Waals surface area contributed by atoms with Gasteiger partial charge < -0.3 is 20.2 Å². The molecule has 1 aromatic rings. The average Bonchev–Trinajstić information content (AvgIpc) is 3.09. The molecule has 1 fully saturated rings. The maximum atomic E-state index is 12.5. The van der Waals surface area contributed by atoms with Gasteiger partial charge in [-0.1, -0.05) is 19.4 Å². The molecular weight excluding hydrogens is 290 g/mol. The van der Waals surface area contributed by atoms with Crippen molar-refractivity contribution in [3.8, 4) is 0 Å². The van der Waals surface area contributed by atoms with Crippen LogP contribution in [0.3, 0.4) is 0 Å². The Morgan fingerprint density at radius 3 is 2.70 bits per heavy atom. The molecule has 0 saturated carbocycles. The summed E-state index contributed by atoms with van der Waals surface area (Å²) < 4.78 is 0. The summed E-state index contributed by atoms with van der Waals surface area (Å²) in [5, 5.41) is 12.0. The van der Waals surface area contributed by atoms with E-state index in [1.807, 2.05) is 18.2 Å². The zero-order valence-corrected chi connectivity index (χ0v) is 14.1. The number of unbranched alkanes of at least 4 members (excludes halogenated alkanes) is 1. The predicted octanol–water partition coefficient (Wildman–Crippen LogP) is 3.30. The first-order valence-corrected chi connectivity index (χ1v) is 8.76. The number of aliphatic hydroxyl groups is 1. The highest BCUT2D eigenvalue weighted by Gasteiger charge is 2.15. The van der Waals surface area contributed by atoms with Gasteiger partial charge in [0, 0.05) is 44.2 Å². The van der Waals surface area contributed by atoms with Crippen molar-refractivity contribution in [3.63, 3.8) is 0 Å². The number of carbonyl (C=O) groups excluding carboxylic acids is 1. The van der Waals surface area contributed by atoms with Crippen LogP contribution in [0.25, 0.3) is 0 Å². The van der Waals surface area contributed by atoms with Crippen molar-refractivity contribution in [1.82, 2.24) is 4.90 Å². The Kier molecular flexibility index (Phi) is 7.20. The van der Waals surface area contributed by atoms with Crippen LogP contribution in [0.5, 0.6) is 0 Å². The molecule has 0 spiro atoms. The fraction of sp³-hybridized carbons (Fsp3) is 0.611. The van der Waals surface area contributed by atoms with Crippen LogP contribution in [0, 0.1) is 0 Å². The maximum Gasteiger partial charge on any atom is 0.321 e. The first kappa shape index (κ1) is 17.6. The second-order valence-electron chi connectivity index (χ2n) is 6.09. The first-order valence-electron chi connectivity index (χ1n) is 8.76. The zero-order valence-electron chi connectivity index (χ0n) is 14.1. The summed E-state index contributed by atoms with van der Waals surface area (Å²) in [6.07, 6.45) is 5.12. The molecule has 128 valence electrons. The van der Waals surface area contributed by atoms with Gasteiger partial charge in [-0.2, -0.15) is 0 Å². The molecule has 5 nitrogen and oxygen atoms in total. The predicted molar refractivity (Wildman–Crippen MR) is 95.1 cm³/mol. The molecule has 1 aromatic carbocycles. The normalized spacial score (nSPS) is 14.1. The zero-order chi connectivity index (χ0) is 16.5. The number of aliphatic hydroxyl groups excluding tert-OH is 1. The minimum Gasteiger partial charge on any atom is -0.396 e. The fourth-order valence-electron chi connectivity index (χ4n) is 2.88. The second-order valence-corrected chi connectivity index (χ2v) is 6.09. The van der Waals surface area contributed by atoms with Crippen LogP contribution in [-0.4, -0.2) is 48.8 Å². The summed E-state index contributed by atoms with van der Waals surface area (Å²) in [4.78, 5) is 16.6. The monoisotopic (exact) mass is 319 g/mol. The summed E-state index contributed by atoms with van der Waals surface area (Å²) in [7, 11) is 0. The van der Waals surface area contributed by atoms with Crippen molar-refractivity contribution in [3.05, 3.63) is 24.3 Å². The largest absolute Gasteiger partial charge is 0.396 e. The lowest BCUT2D eigenvalue weighted by molar-refractivity contribution is 0.201. The Morgan fingerprint density at radius 2 is 2.00 bits per heavy atom. The van der Waals surface area contributed by atoms with Gasteiger partial charge in [-0.05, 0) is 43.9 Å². The van der Waals surface area contributed by atoms with Crippen molar-refractivity contribution >= 4 is 17.4 Å². The number of benzene rings is 1. The highest BCUT2D eigenvalue weighted by Crippen LogP contribution is 2.23. The third kappa shape index (κ3) is 5.43. The number of hydrogen-bond acceptors (Lipinski definition) is 3. The van der Waals surface area contributed by atoms with Crippen LogP contribution >= 0.6 is 0 Å². The van der Waals surface area contributed by atoms with E-state index in [1.165, 1.54) is 18.5 Å². The van der Waals surface area contributed by atoms with Crippen LogP contribution in [0.1, 0.15) is 39.0 Å². The molecule has 1 aliphatic rings. The van der Waals surface area contributed by atoms with E-state index in [9.17, 15) is 4.79 Å². The average molecular weight is 319 g/mol. The SMILES string of the molecule is CCCCN(CCCO)C(=O)Nc1cccc(N2CCCC2)c1. The van der Waals surface area contributed by atoms with E-state index in [2.05, 4.69) is 23.2 Å². The van der Waals surface area contributed by atoms with Crippen LogP contribution in [0.4, 0.5) is 16.2 Å². The smallest absolute Gasteiger partial charge is 0.321 e. The number of anilines is 2. The molecule has 2 amide bonds. The third-order valence-electron chi connectivity index (χ3n) is 4.22. The van der Waals surface area contributed by atoms with Crippen molar-refractivity contribution in [1.29, 1.82) is 0 Å². The molecule has 0 unspecified atom stereocenters. The standard InChI is InChI=1S/C18H29N3O2/c1-2-3-10-21(13-7-14-22)18(23)19-16-8-6-9-17(15-16)20-11-4-5-12-20/h6,8-9,15,22H,2-5,7,10-14H2,1H3,(H,19,23). The van der Waals surface area contributed by atoms with E-state index in [-0.39, 0.29) is 12.6 Å². The molecule has 0 atom stereocenters. The Labute approximate surface area is 139 Å². The van der Waals surface area contributed by atoms with E-state index in [0.29, 0.717) is 13.0 Å². The third-order valence-corrected chi connectivity index (χ3v) is 4.22. The van der Waals surface area contributed by atoms with Crippen LogP contribution in [0.15, 0.2) is 24.3 Å². The van der Waals surface area contributed by atoms with Crippen LogP contribution in [-0.2, 0) is 0 Å². The summed E-state index contributed by atoms with van der Waals surface area (Å²) in [5.41, 5.74) is 2.01. The number of rotatable bonds is 8.